The van der Waals surface area contributed by atoms with E-state index in [1.54, 1.807) is 23.3 Å². The molecule has 1 aliphatic rings. The minimum Gasteiger partial charge on any atom is -0.494 e. The lowest BCUT2D eigenvalue weighted by molar-refractivity contribution is 0.146. The van der Waals surface area contributed by atoms with Crippen molar-refractivity contribution in [1.82, 2.24) is 15.0 Å². The van der Waals surface area contributed by atoms with Gasteiger partial charge in [-0.05, 0) is 12.1 Å². The van der Waals surface area contributed by atoms with Gasteiger partial charge in [-0.3, -0.25) is 9.78 Å². The smallest absolute Gasteiger partial charge is 0.280 e. The Morgan fingerprint density at radius 2 is 1.93 bits per heavy atom. The summed E-state index contributed by atoms with van der Waals surface area (Å²) >= 11 is 1.58. The van der Waals surface area contributed by atoms with E-state index in [0.717, 1.165) is 27.2 Å². The number of ether oxygens (including phenoxy) is 1. The average molecular weight is 393 g/mol. The molecule has 0 spiro atoms. The number of piperazine rings is 1. The van der Waals surface area contributed by atoms with Gasteiger partial charge in [-0.1, -0.05) is 17.4 Å². The predicted molar refractivity (Wildman–Crippen MR) is 100 cm³/mol. The van der Waals surface area contributed by atoms with Crippen LogP contribution in [0.3, 0.4) is 0 Å². The Kier molecular flexibility index (Phi) is 4.65. The van der Waals surface area contributed by atoms with Crippen molar-refractivity contribution < 1.29 is 13.5 Å². The number of aromatic amines is 1. The van der Waals surface area contributed by atoms with Gasteiger partial charge in [-0.15, -0.1) is 0 Å². The van der Waals surface area contributed by atoms with Crippen molar-refractivity contribution in [3.63, 3.8) is 0 Å². The van der Waals surface area contributed by atoms with Crippen LogP contribution in [0.15, 0.2) is 29.1 Å². The van der Waals surface area contributed by atoms with Crippen molar-refractivity contribution >= 4 is 32.6 Å². The molecule has 27 heavy (non-hydrogen) atoms. The van der Waals surface area contributed by atoms with Crippen LogP contribution in [0.4, 0.5) is 19.9 Å². The first-order valence-electron chi connectivity index (χ1n) is 8.38. The van der Waals surface area contributed by atoms with Crippen molar-refractivity contribution in [2.24, 2.45) is 0 Å². The van der Waals surface area contributed by atoms with Crippen LogP contribution < -0.4 is 20.1 Å². The zero-order valence-corrected chi connectivity index (χ0v) is 15.3. The van der Waals surface area contributed by atoms with Crippen molar-refractivity contribution in [3.8, 4) is 5.75 Å². The quantitative estimate of drug-likeness (QED) is 0.735. The normalized spacial score (nSPS) is 15.0. The van der Waals surface area contributed by atoms with Crippen molar-refractivity contribution in [3.05, 3.63) is 40.3 Å². The number of hydrogen-bond acceptors (Lipinski definition) is 7. The number of alkyl halides is 2. The number of hydrogen-bond donors (Lipinski definition) is 1. The molecule has 0 radical (unpaired) electrons. The van der Waals surface area contributed by atoms with E-state index in [4.69, 9.17) is 4.74 Å². The van der Waals surface area contributed by atoms with E-state index in [2.05, 4.69) is 19.9 Å². The van der Waals surface area contributed by atoms with Crippen molar-refractivity contribution in [1.29, 1.82) is 0 Å². The number of nitrogens with one attached hydrogen (secondary N) is 1. The maximum Gasteiger partial charge on any atom is 0.280 e. The molecule has 0 aliphatic carbocycles. The van der Waals surface area contributed by atoms with Crippen LogP contribution in [0.2, 0.25) is 0 Å². The van der Waals surface area contributed by atoms with Crippen LogP contribution in [-0.2, 0) is 0 Å². The van der Waals surface area contributed by atoms with E-state index in [1.165, 1.54) is 0 Å². The van der Waals surface area contributed by atoms with Crippen LogP contribution in [0.25, 0.3) is 10.2 Å². The van der Waals surface area contributed by atoms with E-state index in [1.807, 2.05) is 18.2 Å². The van der Waals surface area contributed by atoms with E-state index < -0.39 is 17.7 Å². The Hall–Kier alpha value is -2.75. The summed E-state index contributed by atoms with van der Waals surface area (Å²) in [5.74, 6) is 0.919. The molecule has 0 bridgehead atoms. The highest BCUT2D eigenvalue weighted by atomic mass is 32.1. The Bertz CT molecular complexity index is 1010. The topological polar surface area (TPSA) is 74.3 Å². The van der Waals surface area contributed by atoms with Gasteiger partial charge in [0.15, 0.2) is 5.13 Å². The Morgan fingerprint density at radius 1 is 1.19 bits per heavy atom. The highest BCUT2D eigenvalue weighted by Crippen LogP contribution is 2.34. The molecule has 1 saturated heterocycles. The molecule has 142 valence electrons. The van der Waals surface area contributed by atoms with Gasteiger partial charge in [-0.25, -0.2) is 18.7 Å². The minimum absolute atomic E-state index is 0.184. The maximum atomic E-state index is 12.9. The van der Waals surface area contributed by atoms with Crippen molar-refractivity contribution in [2.75, 3.05) is 43.1 Å². The molecule has 0 unspecified atom stereocenters. The molecule has 0 atom stereocenters. The predicted octanol–water partition coefficient (Wildman–Crippen LogP) is 2.65. The summed E-state index contributed by atoms with van der Waals surface area (Å²) in [5, 5.41) is 0.886. The van der Waals surface area contributed by atoms with Gasteiger partial charge in [0.25, 0.3) is 12.0 Å². The molecular weight excluding hydrogens is 376 g/mol. The summed E-state index contributed by atoms with van der Waals surface area (Å²) in [7, 11) is 1.62. The third-order valence-electron chi connectivity index (χ3n) is 4.41. The number of benzene rings is 1. The molecular formula is C17H17F2N5O2S. The lowest BCUT2D eigenvalue weighted by atomic mass is 10.3. The summed E-state index contributed by atoms with van der Waals surface area (Å²) in [6, 6.07) is 6.64. The van der Waals surface area contributed by atoms with Gasteiger partial charge in [0, 0.05) is 32.2 Å². The fourth-order valence-corrected chi connectivity index (χ4v) is 4.08. The van der Waals surface area contributed by atoms with Gasteiger partial charge < -0.3 is 14.5 Å². The Morgan fingerprint density at radius 3 is 2.63 bits per heavy atom. The Balaban J connectivity index is 1.52. The molecule has 3 aromatic rings. The molecule has 4 rings (SSSR count). The second-order valence-corrected chi connectivity index (χ2v) is 7.08. The molecule has 3 heterocycles. The molecule has 10 heteroatoms. The lowest BCUT2D eigenvalue weighted by Crippen LogP contribution is -2.47. The van der Waals surface area contributed by atoms with Crippen LogP contribution in [0.5, 0.6) is 5.75 Å². The number of thiazole rings is 1. The fraction of sp³-hybridized carbons (Fsp3) is 0.353. The monoisotopic (exact) mass is 393 g/mol. The summed E-state index contributed by atoms with van der Waals surface area (Å²) < 4.78 is 32.2. The van der Waals surface area contributed by atoms with Crippen LogP contribution in [0, 0.1) is 0 Å². The number of fused-ring (bicyclic) bond motifs is 1. The van der Waals surface area contributed by atoms with Gasteiger partial charge >= 0.3 is 0 Å². The lowest BCUT2D eigenvalue weighted by Gasteiger charge is -2.34. The molecule has 1 fully saturated rings. The van der Waals surface area contributed by atoms with Gasteiger partial charge in [-0.2, -0.15) is 0 Å². The Labute approximate surface area is 157 Å². The standard InChI is InChI=1S/C17H17F2N5O2S/c1-26-11-3-2-4-12-14(11)22-17(27-12)24-7-5-23(6-8-24)16-20-10(15(18)19)9-13(25)21-16/h2-4,9,15H,5-8H2,1H3,(H,20,21,25). The van der Waals surface area contributed by atoms with E-state index in [0.29, 0.717) is 26.2 Å². The molecule has 1 aliphatic heterocycles. The largest absolute Gasteiger partial charge is 0.494 e. The number of halogens is 2. The van der Waals surface area contributed by atoms with Crippen LogP contribution >= 0.6 is 11.3 Å². The number of anilines is 2. The molecule has 1 N–H and O–H groups in total. The number of methoxy groups -OCH3 is 1. The van der Waals surface area contributed by atoms with Crippen LogP contribution in [-0.4, -0.2) is 48.2 Å². The number of rotatable bonds is 4. The van der Waals surface area contributed by atoms with E-state index in [-0.39, 0.29) is 5.95 Å². The van der Waals surface area contributed by atoms with Gasteiger partial charge in [0.2, 0.25) is 5.95 Å². The second-order valence-electron chi connectivity index (χ2n) is 6.07. The SMILES string of the molecule is COc1cccc2sc(N3CCN(c4nc(C(F)F)cc(=O)[nH]4)CC3)nc12. The highest BCUT2D eigenvalue weighted by molar-refractivity contribution is 7.22. The third-order valence-corrected chi connectivity index (χ3v) is 5.49. The maximum absolute atomic E-state index is 12.9. The first-order valence-corrected chi connectivity index (χ1v) is 9.19. The molecule has 1 aromatic carbocycles. The van der Waals surface area contributed by atoms with E-state index >= 15 is 0 Å². The number of nitrogens with zero attached hydrogens (tertiary/aromatic N) is 4. The molecule has 0 amide bonds. The third kappa shape index (κ3) is 3.44. The summed E-state index contributed by atoms with van der Waals surface area (Å²) in [4.78, 5) is 26.7. The average Bonchev–Trinajstić information content (AvgIpc) is 3.12. The first-order chi connectivity index (χ1) is 13.0. The molecule has 2 aromatic heterocycles. The fourth-order valence-electron chi connectivity index (χ4n) is 3.05. The van der Waals surface area contributed by atoms with Crippen LogP contribution in [0.1, 0.15) is 12.1 Å². The summed E-state index contributed by atoms with van der Waals surface area (Å²) in [6.07, 6.45) is -2.77. The minimum atomic E-state index is -2.77. The summed E-state index contributed by atoms with van der Waals surface area (Å²) in [6.45, 7) is 2.38. The highest BCUT2D eigenvalue weighted by Gasteiger charge is 2.23. The zero-order valence-electron chi connectivity index (χ0n) is 14.5. The number of H-pyrrole nitrogens is 1. The summed E-state index contributed by atoms with van der Waals surface area (Å²) in [5.41, 5.74) is -0.247. The number of aromatic nitrogens is 3. The first kappa shape index (κ1) is 17.7. The van der Waals surface area contributed by atoms with Gasteiger partial charge in [0.1, 0.15) is 17.0 Å². The van der Waals surface area contributed by atoms with Gasteiger partial charge in [0.05, 0.1) is 11.8 Å². The molecule has 7 nitrogen and oxygen atoms in total. The zero-order chi connectivity index (χ0) is 19.0. The second kappa shape index (κ2) is 7.10. The number of para-hydroxylation sites is 1. The van der Waals surface area contributed by atoms with E-state index in [9.17, 15) is 13.6 Å². The van der Waals surface area contributed by atoms with Crippen molar-refractivity contribution in [2.45, 2.75) is 6.43 Å². The molecule has 0 saturated carbocycles.